The SMILES string of the molecule is NCC1CCCc2sc(C3CSc4ccccc4O3)nc21. The summed E-state index contributed by atoms with van der Waals surface area (Å²) in [7, 11) is 0. The summed E-state index contributed by atoms with van der Waals surface area (Å²) in [6.45, 7) is 0.708. The van der Waals surface area contributed by atoms with Crippen LogP contribution in [0, 0.1) is 0 Å². The van der Waals surface area contributed by atoms with Crippen LogP contribution < -0.4 is 10.5 Å². The Hall–Kier alpha value is -1.04. The van der Waals surface area contributed by atoms with E-state index >= 15 is 0 Å². The maximum atomic E-state index is 6.16. The summed E-state index contributed by atoms with van der Waals surface area (Å²) in [6, 6.07) is 8.25. The average molecular weight is 318 g/mol. The van der Waals surface area contributed by atoms with Gasteiger partial charge in [-0.3, -0.25) is 0 Å². The second-order valence-electron chi connectivity index (χ2n) is 5.55. The Labute approximate surface area is 132 Å². The smallest absolute Gasteiger partial charge is 0.159 e. The van der Waals surface area contributed by atoms with E-state index in [4.69, 9.17) is 15.5 Å². The van der Waals surface area contributed by atoms with Gasteiger partial charge in [-0.05, 0) is 31.4 Å². The number of rotatable bonds is 2. The van der Waals surface area contributed by atoms with Crippen LogP contribution in [0.15, 0.2) is 29.2 Å². The standard InChI is InChI=1S/C16H18N2OS2/c17-8-10-4-3-7-14-15(10)18-16(21-14)12-9-20-13-6-2-1-5-11(13)19-12/h1-2,5-6,10,12H,3-4,7-9,17H2. The summed E-state index contributed by atoms with van der Waals surface area (Å²) < 4.78 is 6.16. The number of nitrogens with two attached hydrogens (primary N) is 1. The van der Waals surface area contributed by atoms with Gasteiger partial charge >= 0.3 is 0 Å². The maximum absolute atomic E-state index is 6.16. The van der Waals surface area contributed by atoms with Crippen molar-refractivity contribution in [1.29, 1.82) is 0 Å². The zero-order chi connectivity index (χ0) is 14.2. The molecule has 2 unspecified atom stereocenters. The number of hydrogen-bond donors (Lipinski definition) is 1. The topological polar surface area (TPSA) is 48.1 Å². The van der Waals surface area contributed by atoms with Crippen molar-refractivity contribution < 1.29 is 4.74 Å². The number of hydrogen-bond acceptors (Lipinski definition) is 5. The molecule has 110 valence electrons. The number of para-hydroxylation sites is 1. The first-order chi connectivity index (χ1) is 10.3. The van der Waals surface area contributed by atoms with Gasteiger partial charge in [0.15, 0.2) is 6.10 Å². The van der Waals surface area contributed by atoms with Gasteiger partial charge in [0.1, 0.15) is 10.8 Å². The molecule has 2 heterocycles. The number of ether oxygens (including phenoxy) is 1. The lowest BCUT2D eigenvalue weighted by Crippen LogP contribution is -2.18. The van der Waals surface area contributed by atoms with Crippen molar-refractivity contribution in [2.45, 2.75) is 36.2 Å². The predicted molar refractivity (Wildman–Crippen MR) is 87.4 cm³/mol. The zero-order valence-corrected chi connectivity index (χ0v) is 13.4. The molecule has 2 N–H and O–H groups in total. The van der Waals surface area contributed by atoms with E-state index in [9.17, 15) is 0 Å². The first-order valence-corrected chi connectivity index (χ1v) is 9.23. The van der Waals surface area contributed by atoms with Crippen molar-refractivity contribution in [2.75, 3.05) is 12.3 Å². The van der Waals surface area contributed by atoms with Crippen LogP contribution in [-0.2, 0) is 6.42 Å². The van der Waals surface area contributed by atoms with E-state index in [0.29, 0.717) is 12.5 Å². The lowest BCUT2D eigenvalue weighted by atomic mass is 9.91. The van der Waals surface area contributed by atoms with E-state index in [1.54, 1.807) is 0 Å². The second kappa shape index (κ2) is 5.63. The minimum absolute atomic E-state index is 0.0823. The van der Waals surface area contributed by atoms with Crippen LogP contribution in [0.25, 0.3) is 0 Å². The van der Waals surface area contributed by atoms with Crippen molar-refractivity contribution >= 4 is 23.1 Å². The molecule has 5 heteroatoms. The molecule has 1 aliphatic heterocycles. The molecule has 0 radical (unpaired) electrons. The molecule has 4 rings (SSSR count). The van der Waals surface area contributed by atoms with E-state index in [1.165, 1.54) is 28.3 Å². The van der Waals surface area contributed by atoms with Crippen molar-refractivity contribution in [3.05, 3.63) is 39.8 Å². The van der Waals surface area contributed by atoms with Crippen LogP contribution >= 0.6 is 23.1 Å². The number of aryl methyl sites for hydroxylation is 1. The quantitative estimate of drug-likeness (QED) is 0.916. The molecule has 1 aliphatic carbocycles. The summed E-state index contributed by atoms with van der Waals surface area (Å²) in [5.74, 6) is 2.38. The van der Waals surface area contributed by atoms with E-state index in [0.717, 1.165) is 22.9 Å². The molecule has 21 heavy (non-hydrogen) atoms. The third kappa shape index (κ3) is 2.47. The minimum atomic E-state index is 0.0823. The normalized spacial score (nSPS) is 24.0. The van der Waals surface area contributed by atoms with E-state index in [2.05, 4.69) is 12.1 Å². The molecule has 0 saturated carbocycles. The predicted octanol–water partition coefficient (Wildman–Crippen LogP) is 3.75. The van der Waals surface area contributed by atoms with E-state index in [1.807, 2.05) is 35.2 Å². The highest BCUT2D eigenvalue weighted by Crippen LogP contribution is 2.43. The Morgan fingerprint density at radius 2 is 2.24 bits per heavy atom. The fourth-order valence-corrected chi connectivity index (χ4v) is 5.35. The molecule has 3 nitrogen and oxygen atoms in total. The van der Waals surface area contributed by atoms with Gasteiger partial charge in [0.2, 0.25) is 0 Å². The van der Waals surface area contributed by atoms with E-state index < -0.39 is 0 Å². The zero-order valence-electron chi connectivity index (χ0n) is 11.7. The van der Waals surface area contributed by atoms with Gasteiger partial charge in [-0.15, -0.1) is 23.1 Å². The number of nitrogens with zero attached hydrogens (tertiary/aromatic N) is 1. The molecule has 1 aromatic heterocycles. The number of thioether (sulfide) groups is 1. The lowest BCUT2D eigenvalue weighted by Gasteiger charge is -2.23. The van der Waals surface area contributed by atoms with Crippen LogP contribution in [-0.4, -0.2) is 17.3 Å². The van der Waals surface area contributed by atoms with Crippen LogP contribution in [0.5, 0.6) is 5.75 Å². The monoisotopic (exact) mass is 318 g/mol. The Bertz CT molecular complexity index is 655. The maximum Gasteiger partial charge on any atom is 0.159 e. The number of aromatic nitrogens is 1. The molecule has 1 aromatic carbocycles. The Balaban J connectivity index is 1.62. The van der Waals surface area contributed by atoms with Gasteiger partial charge in [0, 0.05) is 28.0 Å². The Kier molecular flexibility index (Phi) is 3.65. The highest BCUT2D eigenvalue weighted by Gasteiger charge is 2.29. The van der Waals surface area contributed by atoms with Gasteiger partial charge in [-0.1, -0.05) is 12.1 Å². The van der Waals surface area contributed by atoms with Crippen molar-refractivity contribution in [1.82, 2.24) is 4.98 Å². The minimum Gasteiger partial charge on any atom is -0.481 e. The van der Waals surface area contributed by atoms with E-state index in [-0.39, 0.29) is 6.10 Å². The molecule has 2 aliphatic rings. The summed E-state index contributed by atoms with van der Waals surface area (Å²) in [5, 5.41) is 1.13. The van der Waals surface area contributed by atoms with Gasteiger partial charge < -0.3 is 10.5 Å². The van der Waals surface area contributed by atoms with Crippen LogP contribution in [0.2, 0.25) is 0 Å². The van der Waals surface area contributed by atoms with Gasteiger partial charge in [0.05, 0.1) is 5.69 Å². The van der Waals surface area contributed by atoms with Crippen molar-refractivity contribution in [3.63, 3.8) is 0 Å². The molecule has 0 saturated heterocycles. The number of thiazole rings is 1. The summed E-state index contributed by atoms with van der Waals surface area (Å²) >= 11 is 3.69. The highest BCUT2D eigenvalue weighted by atomic mass is 32.2. The second-order valence-corrected chi connectivity index (χ2v) is 7.73. The molecule has 0 bridgehead atoms. The Morgan fingerprint density at radius 3 is 3.14 bits per heavy atom. The fraction of sp³-hybridized carbons (Fsp3) is 0.438. The molecule has 0 fully saturated rings. The van der Waals surface area contributed by atoms with Gasteiger partial charge in [-0.2, -0.15) is 0 Å². The Morgan fingerprint density at radius 1 is 1.33 bits per heavy atom. The van der Waals surface area contributed by atoms with Gasteiger partial charge in [0.25, 0.3) is 0 Å². The molecule has 2 aromatic rings. The van der Waals surface area contributed by atoms with Crippen LogP contribution in [0.4, 0.5) is 0 Å². The molecular weight excluding hydrogens is 300 g/mol. The van der Waals surface area contributed by atoms with Gasteiger partial charge in [-0.25, -0.2) is 4.98 Å². The molecule has 0 spiro atoms. The molecule has 2 atom stereocenters. The van der Waals surface area contributed by atoms with Crippen molar-refractivity contribution in [3.8, 4) is 5.75 Å². The fourth-order valence-electron chi connectivity index (χ4n) is 3.03. The third-order valence-corrected chi connectivity index (χ3v) is 6.50. The number of fused-ring (bicyclic) bond motifs is 2. The number of benzene rings is 1. The summed E-state index contributed by atoms with van der Waals surface area (Å²) in [6.07, 6.45) is 3.65. The van der Waals surface area contributed by atoms with Crippen LogP contribution in [0.1, 0.15) is 40.4 Å². The lowest BCUT2D eigenvalue weighted by molar-refractivity contribution is 0.219. The highest BCUT2D eigenvalue weighted by molar-refractivity contribution is 7.99. The van der Waals surface area contributed by atoms with Crippen LogP contribution in [0.3, 0.4) is 0 Å². The average Bonchev–Trinajstić information content (AvgIpc) is 2.98. The molecular formula is C16H18N2OS2. The van der Waals surface area contributed by atoms with Crippen molar-refractivity contribution in [2.24, 2.45) is 5.73 Å². The first kappa shape index (κ1) is 13.6. The molecule has 0 amide bonds. The first-order valence-electron chi connectivity index (χ1n) is 7.43. The largest absolute Gasteiger partial charge is 0.481 e. The summed E-state index contributed by atoms with van der Waals surface area (Å²) in [4.78, 5) is 7.56. The third-order valence-electron chi connectivity index (χ3n) is 4.16. The summed E-state index contributed by atoms with van der Waals surface area (Å²) in [5.41, 5.74) is 7.14.